The number of para-hydroxylation sites is 1. The van der Waals surface area contributed by atoms with Gasteiger partial charge in [0.2, 0.25) is 5.75 Å². The Bertz CT molecular complexity index is 757. The molecule has 1 saturated carbocycles. The third-order valence-corrected chi connectivity index (χ3v) is 5.79. The molecule has 0 radical (unpaired) electrons. The highest BCUT2D eigenvalue weighted by molar-refractivity contribution is 5.91. The number of benzene rings is 2. The van der Waals surface area contributed by atoms with Crippen molar-refractivity contribution in [2.75, 3.05) is 0 Å². The fraction of sp³-hybridized carbons (Fsp3) is 0.458. The van der Waals surface area contributed by atoms with Crippen LogP contribution in [-0.4, -0.2) is 5.97 Å². The Balaban J connectivity index is 1.56. The van der Waals surface area contributed by atoms with Gasteiger partial charge >= 0.3 is 5.97 Å². The lowest BCUT2D eigenvalue weighted by atomic mass is 9.77. The fourth-order valence-corrected chi connectivity index (χ4v) is 4.09. The lowest BCUT2D eigenvalue weighted by Gasteiger charge is -2.29. The molecule has 1 aliphatic rings. The molecule has 0 aliphatic heterocycles. The Morgan fingerprint density at radius 2 is 1.61 bits per heavy atom. The summed E-state index contributed by atoms with van der Waals surface area (Å²) in [6, 6.07) is 10.6. The normalized spacial score (nSPS) is 19.4. The molecule has 4 heteroatoms. The third-order valence-electron chi connectivity index (χ3n) is 5.79. The minimum absolute atomic E-state index is 0.291. The van der Waals surface area contributed by atoms with Crippen molar-refractivity contribution in [2.45, 2.75) is 64.2 Å². The number of hydrogen-bond donors (Lipinski definition) is 0. The van der Waals surface area contributed by atoms with Crippen LogP contribution in [0, 0.1) is 17.6 Å². The number of carbonyl (C=O) groups is 1. The highest BCUT2D eigenvalue weighted by Crippen LogP contribution is 2.37. The summed E-state index contributed by atoms with van der Waals surface area (Å²) in [5.74, 6) is -1.81. The Kier molecular flexibility index (Phi) is 7.18. The Labute approximate surface area is 165 Å². The molecule has 2 aromatic carbocycles. The van der Waals surface area contributed by atoms with Crippen LogP contribution in [0.2, 0.25) is 0 Å². The van der Waals surface area contributed by atoms with Crippen LogP contribution in [0.25, 0.3) is 0 Å². The quantitative estimate of drug-likeness (QED) is 0.290. The predicted octanol–water partition coefficient (Wildman–Crippen LogP) is 7.04. The number of hydrogen-bond acceptors (Lipinski definition) is 2. The first-order valence-electron chi connectivity index (χ1n) is 10.3. The molecule has 0 saturated heterocycles. The lowest BCUT2D eigenvalue weighted by molar-refractivity contribution is 0.0720. The SMILES string of the molecule is CCCCCC1CCC(c2ccc(C(=O)Oc3c(F)cccc3F)cc2)CC1. The second kappa shape index (κ2) is 9.81. The molecule has 28 heavy (non-hydrogen) atoms. The summed E-state index contributed by atoms with van der Waals surface area (Å²) < 4.78 is 32.2. The second-order valence-electron chi connectivity index (χ2n) is 7.78. The first-order valence-corrected chi connectivity index (χ1v) is 10.3. The molecule has 0 spiro atoms. The smallest absolute Gasteiger partial charge is 0.343 e. The van der Waals surface area contributed by atoms with Crippen LogP contribution in [0.3, 0.4) is 0 Å². The van der Waals surface area contributed by atoms with Gasteiger partial charge in [0.05, 0.1) is 5.56 Å². The Morgan fingerprint density at radius 3 is 2.21 bits per heavy atom. The van der Waals surface area contributed by atoms with E-state index in [4.69, 9.17) is 4.74 Å². The Morgan fingerprint density at radius 1 is 0.964 bits per heavy atom. The molecule has 1 fully saturated rings. The van der Waals surface area contributed by atoms with E-state index in [1.807, 2.05) is 12.1 Å². The molecular weight excluding hydrogens is 358 g/mol. The van der Waals surface area contributed by atoms with Crippen LogP contribution >= 0.6 is 0 Å². The number of esters is 1. The van der Waals surface area contributed by atoms with Crippen molar-refractivity contribution in [3.8, 4) is 5.75 Å². The lowest BCUT2D eigenvalue weighted by Crippen LogP contribution is -2.14. The highest BCUT2D eigenvalue weighted by Gasteiger charge is 2.22. The van der Waals surface area contributed by atoms with Gasteiger partial charge in [0.15, 0.2) is 11.6 Å². The van der Waals surface area contributed by atoms with Crippen LogP contribution in [0.1, 0.15) is 80.1 Å². The van der Waals surface area contributed by atoms with Crippen LogP contribution in [0.4, 0.5) is 8.78 Å². The number of rotatable bonds is 7. The van der Waals surface area contributed by atoms with Crippen LogP contribution in [-0.2, 0) is 0 Å². The van der Waals surface area contributed by atoms with Gasteiger partial charge in [-0.3, -0.25) is 0 Å². The maximum absolute atomic E-state index is 13.6. The van der Waals surface area contributed by atoms with Gasteiger partial charge in [-0.2, -0.15) is 0 Å². The van der Waals surface area contributed by atoms with Gasteiger partial charge in [-0.05, 0) is 67.3 Å². The van der Waals surface area contributed by atoms with E-state index in [0.29, 0.717) is 11.5 Å². The highest BCUT2D eigenvalue weighted by atomic mass is 19.1. The van der Waals surface area contributed by atoms with Crippen molar-refractivity contribution < 1.29 is 18.3 Å². The molecule has 2 nitrogen and oxygen atoms in total. The van der Waals surface area contributed by atoms with Gasteiger partial charge in [0.1, 0.15) is 0 Å². The molecule has 2 aromatic rings. The summed E-state index contributed by atoms with van der Waals surface area (Å²) in [4.78, 5) is 12.2. The zero-order chi connectivity index (χ0) is 19.9. The van der Waals surface area contributed by atoms with E-state index in [9.17, 15) is 13.6 Å². The number of ether oxygens (including phenoxy) is 1. The third kappa shape index (κ3) is 5.18. The van der Waals surface area contributed by atoms with Crippen molar-refractivity contribution in [2.24, 2.45) is 5.92 Å². The first-order chi connectivity index (χ1) is 13.6. The van der Waals surface area contributed by atoms with Crippen LogP contribution < -0.4 is 4.74 Å². The zero-order valence-electron chi connectivity index (χ0n) is 16.4. The monoisotopic (exact) mass is 386 g/mol. The topological polar surface area (TPSA) is 26.3 Å². The summed E-state index contributed by atoms with van der Waals surface area (Å²) in [7, 11) is 0. The van der Waals surface area contributed by atoms with Crippen molar-refractivity contribution in [3.05, 3.63) is 65.2 Å². The van der Waals surface area contributed by atoms with Gasteiger partial charge in [-0.1, -0.05) is 50.8 Å². The maximum atomic E-state index is 13.6. The van der Waals surface area contributed by atoms with E-state index in [1.54, 1.807) is 12.1 Å². The van der Waals surface area contributed by atoms with E-state index in [2.05, 4.69) is 6.92 Å². The number of unbranched alkanes of at least 4 members (excludes halogenated alkanes) is 2. The van der Waals surface area contributed by atoms with Crippen molar-refractivity contribution in [1.29, 1.82) is 0 Å². The molecule has 150 valence electrons. The molecule has 0 heterocycles. The molecule has 3 rings (SSSR count). The van der Waals surface area contributed by atoms with Crippen molar-refractivity contribution in [3.63, 3.8) is 0 Å². The second-order valence-corrected chi connectivity index (χ2v) is 7.78. The molecule has 0 unspecified atom stereocenters. The number of carbonyl (C=O) groups excluding carboxylic acids is 1. The fourth-order valence-electron chi connectivity index (χ4n) is 4.09. The van der Waals surface area contributed by atoms with Gasteiger partial charge in [0.25, 0.3) is 0 Å². The molecule has 0 N–H and O–H groups in total. The molecule has 1 aliphatic carbocycles. The summed E-state index contributed by atoms with van der Waals surface area (Å²) in [6.45, 7) is 2.24. The summed E-state index contributed by atoms with van der Waals surface area (Å²) >= 11 is 0. The predicted molar refractivity (Wildman–Crippen MR) is 107 cm³/mol. The van der Waals surface area contributed by atoms with Gasteiger partial charge < -0.3 is 4.74 Å². The van der Waals surface area contributed by atoms with Crippen LogP contribution in [0.15, 0.2) is 42.5 Å². The maximum Gasteiger partial charge on any atom is 0.343 e. The van der Waals surface area contributed by atoms with Crippen LogP contribution in [0.5, 0.6) is 5.75 Å². The minimum Gasteiger partial charge on any atom is -0.417 e. The largest absolute Gasteiger partial charge is 0.417 e. The van der Waals surface area contributed by atoms with Gasteiger partial charge in [0, 0.05) is 0 Å². The van der Waals surface area contributed by atoms with Crippen molar-refractivity contribution >= 4 is 5.97 Å². The van der Waals surface area contributed by atoms with Gasteiger partial charge in [-0.15, -0.1) is 0 Å². The zero-order valence-corrected chi connectivity index (χ0v) is 16.4. The summed E-state index contributed by atoms with van der Waals surface area (Å²) in [5.41, 5.74) is 1.51. The molecule has 0 aromatic heterocycles. The minimum atomic E-state index is -0.888. The summed E-state index contributed by atoms with van der Waals surface area (Å²) in [6.07, 6.45) is 10.2. The van der Waals surface area contributed by atoms with E-state index >= 15 is 0 Å². The number of halogens is 2. The van der Waals surface area contributed by atoms with E-state index in [1.165, 1.54) is 63.0 Å². The standard InChI is InChI=1S/C24H28F2O2/c1-2-3-4-6-17-9-11-18(12-10-17)19-13-15-20(16-14-19)24(27)28-23-21(25)7-5-8-22(23)26/h5,7-8,13-18H,2-4,6,9-12H2,1H3. The first kappa shape index (κ1) is 20.5. The Hall–Kier alpha value is -2.23. The molecule has 0 amide bonds. The van der Waals surface area contributed by atoms with E-state index in [0.717, 1.165) is 18.1 Å². The summed E-state index contributed by atoms with van der Waals surface area (Å²) in [5, 5.41) is 0. The molecule has 0 atom stereocenters. The molecular formula is C24H28F2O2. The van der Waals surface area contributed by atoms with E-state index < -0.39 is 23.4 Å². The average molecular weight is 386 g/mol. The van der Waals surface area contributed by atoms with Gasteiger partial charge in [-0.25, -0.2) is 13.6 Å². The average Bonchev–Trinajstić information content (AvgIpc) is 2.71. The van der Waals surface area contributed by atoms with Crippen molar-refractivity contribution in [1.82, 2.24) is 0 Å². The van der Waals surface area contributed by atoms with E-state index in [-0.39, 0.29) is 0 Å². The molecule has 0 bridgehead atoms.